The molecule has 1 amide bonds. The molecule has 0 radical (unpaired) electrons. The topological polar surface area (TPSA) is 49.8 Å². The van der Waals surface area contributed by atoms with Crippen molar-refractivity contribution in [3.63, 3.8) is 0 Å². The minimum atomic E-state index is -0.924. The molecule has 100 valence electrons. The number of para-hydroxylation sites is 1. The van der Waals surface area contributed by atoms with E-state index in [0.29, 0.717) is 6.61 Å². The van der Waals surface area contributed by atoms with E-state index in [0.717, 1.165) is 5.75 Å². The van der Waals surface area contributed by atoms with Gasteiger partial charge in [0.25, 0.3) is 0 Å². The van der Waals surface area contributed by atoms with Crippen molar-refractivity contribution in [2.45, 2.75) is 39.3 Å². The first-order valence-electron chi connectivity index (χ1n) is 6.02. The van der Waals surface area contributed by atoms with Crippen LogP contribution in [0.25, 0.3) is 0 Å². The van der Waals surface area contributed by atoms with Gasteiger partial charge in [0.05, 0.1) is 6.04 Å². The lowest BCUT2D eigenvalue weighted by Gasteiger charge is -2.37. The van der Waals surface area contributed by atoms with Gasteiger partial charge in [0, 0.05) is 5.54 Å². The fraction of sp³-hybridized carbons (Fsp3) is 0.500. The Morgan fingerprint density at radius 1 is 1.33 bits per heavy atom. The number of carboxylic acid groups (broad SMARTS) is 1. The summed E-state index contributed by atoms with van der Waals surface area (Å²) in [4.78, 5) is 12.7. The smallest absolute Gasteiger partial charge is 0.408 e. The summed E-state index contributed by atoms with van der Waals surface area (Å²) in [7, 11) is 0. The molecular formula is C14H21NO3. The summed E-state index contributed by atoms with van der Waals surface area (Å²) in [6.07, 6.45) is -0.924. The Bertz CT molecular complexity index is 384. The quantitative estimate of drug-likeness (QED) is 0.893. The maximum Gasteiger partial charge on any atom is 0.408 e. The Labute approximate surface area is 108 Å². The lowest BCUT2D eigenvalue weighted by atomic mass is 10.0. The molecule has 18 heavy (non-hydrogen) atoms. The number of rotatable bonds is 4. The molecule has 0 aliphatic heterocycles. The van der Waals surface area contributed by atoms with E-state index in [2.05, 4.69) is 0 Å². The summed E-state index contributed by atoms with van der Waals surface area (Å²) in [5.74, 6) is 0.753. The van der Waals surface area contributed by atoms with Gasteiger partial charge < -0.3 is 9.84 Å². The fourth-order valence-corrected chi connectivity index (χ4v) is 1.94. The van der Waals surface area contributed by atoms with Gasteiger partial charge in [0.1, 0.15) is 12.4 Å². The molecule has 0 saturated heterocycles. The molecule has 0 aliphatic carbocycles. The first-order chi connectivity index (χ1) is 8.32. The molecule has 1 rings (SSSR count). The highest BCUT2D eigenvalue weighted by Gasteiger charge is 2.30. The monoisotopic (exact) mass is 251 g/mol. The lowest BCUT2D eigenvalue weighted by molar-refractivity contribution is 0.0578. The van der Waals surface area contributed by atoms with Crippen molar-refractivity contribution >= 4 is 6.09 Å². The first kappa shape index (κ1) is 14.4. The predicted octanol–water partition coefficient (Wildman–Crippen LogP) is 3.23. The molecule has 0 heterocycles. The van der Waals surface area contributed by atoms with E-state index in [9.17, 15) is 9.90 Å². The molecule has 0 fully saturated rings. The molecule has 0 saturated carbocycles. The second-order valence-electron chi connectivity index (χ2n) is 5.30. The van der Waals surface area contributed by atoms with Crippen LogP contribution in [-0.4, -0.2) is 34.3 Å². The van der Waals surface area contributed by atoms with E-state index >= 15 is 0 Å². The minimum Gasteiger partial charge on any atom is -0.491 e. The Balaban J connectivity index is 2.63. The fourth-order valence-electron chi connectivity index (χ4n) is 1.94. The molecule has 1 aromatic carbocycles. The van der Waals surface area contributed by atoms with E-state index in [1.165, 1.54) is 4.90 Å². The van der Waals surface area contributed by atoms with Gasteiger partial charge >= 0.3 is 6.09 Å². The van der Waals surface area contributed by atoms with Crippen LogP contribution in [0.2, 0.25) is 0 Å². The second kappa shape index (κ2) is 5.76. The van der Waals surface area contributed by atoms with Crippen molar-refractivity contribution in [1.82, 2.24) is 4.90 Å². The number of amides is 1. The highest BCUT2D eigenvalue weighted by molar-refractivity contribution is 5.66. The van der Waals surface area contributed by atoms with Crippen molar-refractivity contribution in [2.24, 2.45) is 0 Å². The van der Waals surface area contributed by atoms with Gasteiger partial charge in [-0.1, -0.05) is 18.2 Å². The van der Waals surface area contributed by atoms with E-state index < -0.39 is 11.6 Å². The maximum atomic E-state index is 11.3. The van der Waals surface area contributed by atoms with Crippen molar-refractivity contribution < 1.29 is 14.6 Å². The summed E-state index contributed by atoms with van der Waals surface area (Å²) >= 11 is 0. The van der Waals surface area contributed by atoms with E-state index in [4.69, 9.17) is 4.74 Å². The summed E-state index contributed by atoms with van der Waals surface area (Å²) in [5, 5.41) is 9.25. The van der Waals surface area contributed by atoms with Crippen LogP contribution in [0.5, 0.6) is 5.75 Å². The zero-order valence-electron chi connectivity index (χ0n) is 11.4. The Hall–Kier alpha value is -1.71. The van der Waals surface area contributed by atoms with Crippen molar-refractivity contribution in [3.05, 3.63) is 30.3 Å². The summed E-state index contributed by atoms with van der Waals surface area (Å²) in [6, 6.07) is 9.19. The van der Waals surface area contributed by atoms with Crippen LogP contribution in [0.1, 0.15) is 27.7 Å². The van der Waals surface area contributed by atoms with Gasteiger partial charge in [0.15, 0.2) is 0 Å². The largest absolute Gasteiger partial charge is 0.491 e. The van der Waals surface area contributed by atoms with Crippen molar-refractivity contribution in [2.75, 3.05) is 6.61 Å². The first-order valence-corrected chi connectivity index (χ1v) is 6.02. The van der Waals surface area contributed by atoms with Crippen LogP contribution >= 0.6 is 0 Å². The predicted molar refractivity (Wildman–Crippen MR) is 71.0 cm³/mol. The van der Waals surface area contributed by atoms with Crippen molar-refractivity contribution in [1.29, 1.82) is 0 Å². The Kier molecular flexibility index (Phi) is 4.59. The number of hydrogen-bond donors (Lipinski definition) is 1. The van der Waals surface area contributed by atoms with E-state index in [1.807, 2.05) is 58.0 Å². The molecule has 0 bridgehead atoms. The van der Waals surface area contributed by atoms with Gasteiger partial charge in [0.2, 0.25) is 0 Å². The molecule has 0 aliphatic rings. The average molecular weight is 251 g/mol. The molecule has 0 spiro atoms. The van der Waals surface area contributed by atoms with Crippen LogP contribution in [0.15, 0.2) is 30.3 Å². The number of ether oxygens (including phenoxy) is 1. The van der Waals surface area contributed by atoms with E-state index in [1.54, 1.807) is 0 Å². The SMILES string of the molecule is CC(COc1ccccc1)N(C(=O)O)C(C)(C)C. The molecule has 1 N–H and O–H groups in total. The zero-order valence-corrected chi connectivity index (χ0v) is 11.4. The second-order valence-corrected chi connectivity index (χ2v) is 5.30. The maximum absolute atomic E-state index is 11.3. The highest BCUT2D eigenvalue weighted by Crippen LogP contribution is 2.18. The lowest BCUT2D eigenvalue weighted by Crippen LogP contribution is -2.52. The van der Waals surface area contributed by atoms with Gasteiger partial charge in [-0.2, -0.15) is 0 Å². The zero-order chi connectivity index (χ0) is 13.8. The normalized spacial score (nSPS) is 12.9. The third-order valence-corrected chi connectivity index (χ3v) is 2.60. The van der Waals surface area contributed by atoms with Crippen LogP contribution in [0, 0.1) is 0 Å². The van der Waals surface area contributed by atoms with Crippen LogP contribution in [-0.2, 0) is 0 Å². The molecule has 4 heteroatoms. The summed E-state index contributed by atoms with van der Waals surface area (Å²) < 4.78 is 5.59. The minimum absolute atomic E-state index is 0.206. The van der Waals surface area contributed by atoms with E-state index in [-0.39, 0.29) is 6.04 Å². The van der Waals surface area contributed by atoms with Crippen LogP contribution in [0.3, 0.4) is 0 Å². The Morgan fingerprint density at radius 3 is 2.33 bits per heavy atom. The Morgan fingerprint density at radius 2 is 1.89 bits per heavy atom. The summed E-state index contributed by atoms with van der Waals surface area (Å²) in [5.41, 5.74) is -0.439. The highest BCUT2D eigenvalue weighted by atomic mass is 16.5. The third kappa shape index (κ3) is 3.95. The van der Waals surface area contributed by atoms with Gasteiger partial charge in [-0.15, -0.1) is 0 Å². The van der Waals surface area contributed by atoms with Gasteiger partial charge in [-0.25, -0.2) is 4.79 Å². The van der Waals surface area contributed by atoms with Crippen molar-refractivity contribution in [3.8, 4) is 5.75 Å². The molecule has 1 unspecified atom stereocenters. The average Bonchev–Trinajstić information content (AvgIpc) is 2.25. The standard InChI is InChI=1S/C14H21NO3/c1-11(15(13(16)17)14(2,3)4)10-18-12-8-6-5-7-9-12/h5-9,11H,10H2,1-4H3,(H,16,17). The number of benzene rings is 1. The number of hydrogen-bond acceptors (Lipinski definition) is 2. The van der Waals surface area contributed by atoms with Gasteiger partial charge in [-0.3, -0.25) is 4.90 Å². The third-order valence-electron chi connectivity index (χ3n) is 2.60. The van der Waals surface area contributed by atoms with Gasteiger partial charge in [-0.05, 0) is 39.8 Å². The number of nitrogens with zero attached hydrogens (tertiary/aromatic N) is 1. The number of carbonyl (C=O) groups is 1. The summed E-state index contributed by atoms with van der Waals surface area (Å²) in [6.45, 7) is 7.82. The molecule has 4 nitrogen and oxygen atoms in total. The van der Waals surface area contributed by atoms with Crippen LogP contribution < -0.4 is 4.74 Å². The van der Waals surface area contributed by atoms with Crippen LogP contribution in [0.4, 0.5) is 4.79 Å². The molecule has 1 atom stereocenters. The molecule has 0 aromatic heterocycles. The molecular weight excluding hydrogens is 230 g/mol. The molecule has 1 aromatic rings.